The van der Waals surface area contributed by atoms with E-state index >= 15 is 0 Å². The van der Waals surface area contributed by atoms with Crippen molar-refractivity contribution in [3.05, 3.63) is 107 Å². The van der Waals surface area contributed by atoms with Crippen molar-refractivity contribution in [1.29, 1.82) is 0 Å². The van der Waals surface area contributed by atoms with Gasteiger partial charge in [0.25, 0.3) is 0 Å². The lowest BCUT2D eigenvalue weighted by molar-refractivity contribution is 0.795. The molecule has 5 aromatic rings. The van der Waals surface area contributed by atoms with Crippen LogP contribution >= 0.6 is 11.6 Å². The van der Waals surface area contributed by atoms with Gasteiger partial charge in [-0.05, 0) is 92.7 Å². The lowest BCUT2D eigenvalue weighted by Crippen LogP contribution is -1.92. The number of hydrogen-bond acceptors (Lipinski definition) is 0. The summed E-state index contributed by atoms with van der Waals surface area (Å²) in [6.45, 7) is 4.49. The van der Waals surface area contributed by atoms with Crippen molar-refractivity contribution in [2.75, 3.05) is 0 Å². The Morgan fingerprint density at radius 2 is 0.971 bits per heavy atom. The van der Waals surface area contributed by atoms with Crippen molar-refractivity contribution in [3.63, 3.8) is 0 Å². The largest absolute Gasteiger partial charge is 0.0843 e. The molecule has 0 heterocycles. The average Bonchev–Trinajstić information content (AvgIpc) is 2.90. The molecule has 0 aliphatic rings. The summed E-state index contributed by atoms with van der Waals surface area (Å²) in [4.78, 5) is 0. The molecule has 1 heteroatoms. The third-order valence-electron chi connectivity index (χ3n) is 7.11. The minimum Gasteiger partial charge on any atom is -0.0843 e. The molecule has 0 N–H and O–H groups in total. The molecule has 0 radical (unpaired) electrons. The average molecular weight is 477 g/mol. The van der Waals surface area contributed by atoms with Gasteiger partial charge in [0.2, 0.25) is 0 Å². The van der Waals surface area contributed by atoms with Gasteiger partial charge >= 0.3 is 0 Å². The fourth-order valence-corrected chi connectivity index (χ4v) is 5.38. The van der Waals surface area contributed by atoms with Crippen LogP contribution in [0.4, 0.5) is 0 Å². The van der Waals surface area contributed by atoms with Crippen molar-refractivity contribution in [1.82, 2.24) is 0 Å². The molecule has 0 atom stereocenters. The van der Waals surface area contributed by atoms with Crippen molar-refractivity contribution < 1.29 is 0 Å². The number of rotatable bonds is 8. The number of unbranched alkanes of at least 4 members (excludes halogenated alkanes) is 2. The van der Waals surface area contributed by atoms with Gasteiger partial charge in [-0.1, -0.05) is 117 Å². The predicted molar refractivity (Wildman–Crippen MR) is 155 cm³/mol. The third-order valence-corrected chi connectivity index (χ3v) is 7.34. The van der Waals surface area contributed by atoms with Crippen LogP contribution in [0, 0.1) is 0 Å². The topological polar surface area (TPSA) is 0 Å². The Kier molecular flexibility index (Phi) is 7.21. The Hall–Kier alpha value is -3.09. The molecule has 0 fully saturated rings. The molecule has 0 spiro atoms. The summed E-state index contributed by atoms with van der Waals surface area (Å²) in [5.74, 6) is 0. The first kappa shape index (κ1) is 23.6. The van der Waals surface area contributed by atoms with Gasteiger partial charge in [-0.2, -0.15) is 0 Å². The molecule has 35 heavy (non-hydrogen) atoms. The number of hydrogen-bond donors (Lipinski definition) is 0. The van der Waals surface area contributed by atoms with Gasteiger partial charge < -0.3 is 0 Å². The number of aryl methyl sites for hydroxylation is 2. The van der Waals surface area contributed by atoms with Gasteiger partial charge in [0, 0.05) is 5.02 Å². The molecule has 0 saturated carbocycles. The zero-order valence-electron chi connectivity index (χ0n) is 20.8. The fraction of sp³-hybridized carbons (Fsp3) is 0.235. The summed E-state index contributed by atoms with van der Waals surface area (Å²) in [5, 5.41) is 5.79. The Bertz CT molecular complexity index is 1440. The van der Waals surface area contributed by atoms with Crippen LogP contribution in [0.3, 0.4) is 0 Å². The second kappa shape index (κ2) is 10.7. The first-order chi connectivity index (χ1) is 17.2. The highest BCUT2D eigenvalue weighted by Crippen LogP contribution is 2.44. The maximum atomic E-state index is 6.58. The van der Waals surface area contributed by atoms with E-state index in [2.05, 4.69) is 98.8 Å². The van der Waals surface area contributed by atoms with Crippen LogP contribution in [-0.4, -0.2) is 0 Å². The molecule has 0 bridgehead atoms. The van der Waals surface area contributed by atoms with E-state index < -0.39 is 0 Å². The normalized spacial score (nSPS) is 11.4. The second-order valence-electron chi connectivity index (χ2n) is 9.59. The van der Waals surface area contributed by atoms with E-state index in [9.17, 15) is 0 Å². The minimum atomic E-state index is 0.773. The van der Waals surface area contributed by atoms with Gasteiger partial charge in [-0.3, -0.25) is 0 Å². The van der Waals surface area contributed by atoms with Crippen LogP contribution in [0.15, 0.2) is 91.0 Å². The van der Waals surface area contributed by atoms with Crippen molar-refractivity contribution in [2.24, 2.45) is 0 Å². The van der Waals surface area contributed by atoms with E-state index in [-0.39, 0.29) is 0 Å². The van der Waals surface area contributed by atoms with Crippen molar-refractivity contribution in [2.45, 2.75) is 52.4 Å². The fourth-order valence-electron chi connectivity index (χ4n) is 5.21. The van der Waals surface area contributed by atoms with Gasteiger partial charge in [-0.25, -0.2) is 0 Å². The molecule has 5 rings (SSSR count). The predicted octanol–water partition coefficient (Wildman–Crippen LogP) is 10.7. The first-order valence-electron chi connectivity index (χ1n) is 13.0. The smallest absolute Gasteiger partial charge is 0.0412 e. The molecular formula is C34H33Cl. The maximum absolute atomic E-state index is 6.58. The van der Waals surface area contributed by atoms with Gasteiger partial charge in [0.1, 0.15) is 0 Å². The zero-order valence-corrected chi connectivity index (χ0v) is 21.5. The summed E-state index contributed by atoms with van der Waals surface area (Å²) >= 11 is 6.58. The van der Waals surface area contributed by atoms with E-state index in [1.54, 1.807) is 0 Å². The standard InChI is InChI=1S/C34H33Cl/c1-3-5-9-24-13-17-26(18-14-24)33-29-11-7-8-12-30(29)34(32-23-28(35)21-22-31(32)33)27-19-15-25(16-20-27)10-6-4-2/h7-8,11-23H,3-6,9-10H2,1-2H3. The van der Waals surface area contributed by atoms with E-state index in [0.29, 0.717) is 0 Å². The summed E-state index contributed by atoms with van der Waals surface area (Å²) in [5.41, 5.74) is 7.88. The third kappa shape index (κ3) is 4.86. The monoisotopic (exact) mass is 476 g/mol. The number of fused-ring (bicyclic) bond motifs is 2. The molecule has 0 nitrogen and oxygen atoms in total. The Morgan fingerprint density at radius 3 is 1.46 bits per heavy atom. The van der Waals surface area contributed by atoms with E-state index in [0.717, 1.165) is 17.9 Å². The number of benzene rings is 5. The van der Waals surface area contributed by atoms with Gasteiger partial charge in [0.05, 0.1) is 0 Å². The van der Waals surface area contributed by atoms with Crippen LogP contribution in [-0.2, 0) is 12.8 Å². The molecule has 5 aromatic carbocycles. The van der Waals surface area contributed by atoms with E-state index in [4.69, 9.17) is 11.6 Å². The second-order valence-corrected chi connectivity index (χ2v) is 10.0. The zero-order chi connectivity index (χ0) is 24.2. The molecule has 0 saturated heterocycles. The van der Waals surface area contributed by atoms with E-state index in [1.807, 2.05) is 6.07 Å². The summed E-state index contributed by atoms with van der Waals surface area (Å²) < 4.78 is 0. The molecule has 0 aliphatic carbocycles. The highest BCUT2D eigenvalue weighted by atomic mass is 35.5. The molecule has 0 aromatic heterocycles. The quantitative estimate of drug-likeness (QED) is 0.195. The maximum Gasteiger partial charge on any atom is 0.0412 e. The molecule has 176 valence electrons. The first-order valence-corrected chi connectivity index (χ1v) is 13.4. The van der Waals surface area contributed by atoms with Gasteiger partial charge in [-0.15, -0.1) is 0 Å². The Morgan fingerprint density at radius 1 is 0.514 bits per heavy atom. The van der Waals surface area contributed by atoms with Crippen LogP contribution in [0.2, 0.25) is 5.02 Å². The van der Waals surface area contributed by atoms with Crippen LogP contribution < -0.4 is 0 Å². The van der Waals surface area contributed by atoms with E-state index in [1.165, 1.54) is 80.6 Å². The molecule has 0 unspecified atom stereocenters. The van der Waals surface area contributed by atoms with Crippen LogP contribution in [0.1, 0.15) is 50.7 Å². The SMILES string of the molecule is CCCCc1ccc(-c2c3ccccc3c(-c3ccc(CCCC)cc3)c3cc(Cl)ccc23)cc1. The summed E-state index contributed by atoms with van der Waals surface area (Å²) in [7, 11) is 0. The summed E-state index contributed by atoms with van der Waals surface area (Å²) in [6.07, 6.45) is 7.18. The lowest BCUT2D eigenvalue weighted by Gasteiger charge is -2.18. The van der Waals surface area contributed by atoms with Crippen LogP contribution in [0.5, 0.6) is 0 Å². The Balaban J connectivity index is 1.73. The molecule has 0 aliphatic heterocycles. The van der Waals surface area contributed by atoms with Crippen molar-refractivity contribution in [3.8, 4) is 22.3 Å². The summed E-state index contributed by atoms with van der Waals surface area (Å²) in [6, 6.07) is 33.5. The molecule has 0 amide bonds. The minimum absolute atomic E-state index is 0.773. The molecular weight excluding hydrogens is 444 g/mol. The number of halogens is 1. The highest BCUT2D eigenvalue weighted by molar-refractivity contribution is 6.32. The van der Waals surface area contributed by atoms with Gasteiger partial charge in [0.15, 0.2) is 0 Å². The van der Waals surface area contributed by atoms with Crippen LogP contribution in [0.25, 0.3) is 43.8 Å². The highest BCUT2D eigenvalue weighted by Gasteiger charge is 2.17. The van der Waals surface area contributed by atoms with Crippen molar-refractivity contribution >= 4 is 33.1 Å². The lowest BCUT2D eigenvalue weighted by atomic mass is 9.85. The Labute approximate surface area is 214 Å².